The average Bonchev–Trinajstić information content (AvgIpc) is 2.77. The summed E-state index contributed by atoms with van der Waals surface area (Å²) >= 11 is 0. The number of anilines is 1. The molecule has 0 aromatic heterocycles. The second-order valence-corrected chi connectivity index (χ2v) is 5.53. The van der Waals surface area contributed by atoms with Gasteiger partial charge in [0.05, 0.1) is 11.8 Å². The Morgan fingerprint density at radius 2 is 2.06 bits per heavy atom. The van der Waals surface area contributed by atoms with E-state index in [2.05, 4.69) is 18.7 Å². The summed E-state index contributed by atoms with van der Waals surface area (Å²) in [5, 5.41) is 9.46. The van der Waals surface area contributed by atoms with Gasteiger partial charge in [0.15, 0.2) is 0 Å². The molecule has 2 nitrogen and oxygen atoms in total. The van der Waals surface area contributed by atoms with Gasteiger partial charge in [-0.3, -0.25) is 0 Å². The van der Waals surface area contributed by atoms with Gasteiger partial charge in [0.2, 0.25) is 0 Å². The van der Waals surface area contributed by atoms with E-state index in [1.165, 1.54) is 6.07 Å². The molecule has 0 saturated carbocycles. The van der Waals surface area contributed by atoms with Crippen LogP contribution in [-0.2, 0) is 0 Å². The van der Waals surface area contributed by atoms with Crippen LogP contribution >= 0.6 is 0 Å². The van der Waals surface area contributed by atoms with Gasteiger partial charge in [-0.1, -0.05) is 19.9 Å². The molecule has 1 fully saturated rings. The summed E-state index contributed by atoms with van der Waals surface area (Å²) in [5.74, 6) is 0.310. The van der Waals surface area contributed by atoms with Crippen molar-refractivity contribution in [1.29, 1.82) is 0 Å². The Balaban J connectivity index is 2.28. The molecule has 3 heteroatoms. The first-order valence-electron chi connectivity index (χ1n) is 6.75. The largest absolute Gasteiger partial charge is 0.389 e. The van der Waals surface area contributed by atoms with Crippen LogP contribution in [0, 0.1) is 11.7 Å². The molecule has 100 valence electrons. The molecule has 1 aliphatic rings. The third kappa shape index (κ3) is 2.51. The van der Waals surface area contributed by atoms with Crippen LogP contribution < -0.4 is 4.90 Å². The van der Waals surface area contributed by atoms with Crippen molar-refractivity contribution in [2.75, 3.05) is 11.4 Å². The van der Waals surface area contributed by atoms with Gasteiger partial charge >= 0.3 is 0 Å². The fourth-order valence-corrected chi connectivity index (χ4v) is 2.80. The van der Waals surface area contributed by atoms with Crippen molar-refractivity contribution in [3.05, 3.63) is 29.6 Å². The molecule has 2 rings (SSSR count). The highest BCUT2D eigenvalue weighted by Gasteiger charge is 2.28. The summed E-state index contributed by atoms with van der Waals surface area (Å²) in [5.41, 5.74) is 1.31. The van der Waals surface area contributed by atoms with Gasteiger partial charge < -0.3 is 10.0 Å². The predicted molar refractivity (Wildman–Crippen MR) is 72.2 cm³/mol. The molecule has 0 aliphatic carbocycles. The maximum Gasteiger partial charge on any atom is 0.146 e. The minimum Gasteiger partial charge on any atom is -0.389 e. The van der Waals surface area contributed by atoms with Crippen LogP contribution in [0.2, 0.25) is 0 Å². The smallest absolute Gasteiger partial charge is 0.146 e. The maximum atomic E-state index is 14.1. The van der Waals surface area contributed by atoms with Crippen molar-refractivity contribution in [3.63, 3.8) is 0 Å². The van der Waals surface area contributed by atoms with E-state index in [-0.39, 0.29) is 5.82 Å². The molecule has 0 amide bonds. The molecule has 0 radical (unpaired) electrons. The van der Waals surface area contributed by atoms with Crippen LogP contribution in [0.25, 0.3) is 0 Å². The van der Waals surface area contributed by atoms with Crippen molar-refractivity contribution >= 4 is 5.69 Å². The third-order valence-electron chi connectivity index (χ3n) is 3.83. The second kappa shape index (κ2) is 5.27. The molecule has 1 aliphatic heterocycles. The number of halogens is 1. The van der Waals surface area contributed by atoms with E-state index in [9.17, 15) is 9.50 Å². The van der Waals surface area contributed by atoms with Crippen molar-refractivity contribution in [2.24, 2.45) is 5.92 Å². The molecule has 2 atom stereocenters. The summed E-state index contributed by atoms with van der Waals surface area (Å²) < 4.78 is 14.1. The van der Waals surface area contributed by atoms with Gasteiger partial charge in [0, 0.05) is 12.6 Å². The van der Waals surface area contributed by atoms with Crippen molar-refractivity contribution in [1.82, 2.24) is 0 Å². The normalized spacial score (nSPS) is 21.7. The van der Waals surface area contributed by atoms with E-state index in [0.29, 0.717) is 23.2 Å². The molecule has 1 aromatic carbocycles. The number of nitrogens with zero attached hydrogens (tertiary/aromatic N) is 1. The summed E-state index contributed by atoms with van der Waals surface area (Å²) in [7, 11) is 0. The minimum atomic E-state index is -0.618. The highest BCUT2D eigenvalue weighted by molar-refractivity contribution is 5.51. The first-order valence-corrected chi connectivity index (χ1v) is 6.75. The Kier molecular flexibility index (Phi) is 3.91. The Labute approximate surface area is 108 Å². The number of aliphatic hydroxyl groups is 1. The lowest BCUT2D eigenvalue weighted by Gasteiger charge is -2.30. The topological polar surface area (TPSA) is 23.5 Å². The van der Waals surface area contributed by atoms with Crippen molar-refractivity contribution in [2.45, 2.75) is 45.8 Å². The molecule has 0 bridgehead atoms. The quantitative estimate of drug-likeness (QED) is 0.888. The first-order chi connectivity index (χ1) is 8.50. The van der Waals surface area contributed by atoms with Gasteiger partial charge in [-0.15, -0.1) is 0 Å². The molecule has 2 unspecified atom stereocenters. The number of hydrogen-bond acceptors (Lipinski definition) is 2. The van der Waals surface area contributed by atoms with Crippen LogP contribution in [0.4, 0.5) is 10.1 Å². The van der Waals surface area contributed by atoms with Gasteiger partial charge in [-0.05, 0) is 43.4 Å². The van der Waals surface area contributed by atoms with E-state index in [4.69, 9.17) is 0 Å². The molecular weight excluding hydrogens is 229 g/mol. The van der Waals surface area contributed by atoms with E-state index in [1.54, 1.807) is 13.0 Å². The summed E-state index contributed by atoms with van der Waals surface area (Å²) in [6, 6.07) is 5.50. The number of hydrogen-bond donors (Lipinski definition) is 1. The standard InChI is InChI=1S/C15H22FNO/c1-10(2)14-5-4-8-17(14)15-7-6-12(11(3)18)9-13(15)16/h6-7,9-11,14,18H,4-5,8H2,1-3H3. The highest BCUT2D eigenvalue weighted by atomic mass is 19.1. The fourth-order valence-electron chi connectivity index (χ4n) is 2.80. The number of aliphatic hydroxyl groups excluding tert-OH is 1. The van der Waals surface area contributed by atoms with Gasteiger partial charge in [0.25, 0.3) is 0 Å². The summed E-state index contributed by atoms with van der Waals surface area (Å²) in [6.07, 6.45) is 1.64. The van der Waals surface area contributed by atoms with E-state index in [0.717, 1.165) is 19.4 Å². The zero-order valence-corrected chi connectivity index (χ0v) is 11.4. The number of rotatable bonds is 3. The fraction of sp³-hybridized carbons (Fsp3) is 0.600. The lowest BCUT2D eigenvalue weighted by Crippen LogP contribution is -2.33. The summed E-state index contributed by atoms with van der Waals surface area (Å²) in [4.78, 5) is 2.17. The first kappa shape index (κ1) is 13.3. The van der Waals surface area contributed by atoms with E-state index < -0.39 is 6.10 Å². The molecule has 18 heavy (non-hydrogen) atoms. The van der Waals surface area contributed by atoms with Crippen molar-refractivity contribution < 1.29 is 9.50 Å². The monoisotopic (exact) mass is 251 g/mol. The van der Waals surface area contributed by atoms with E-state index in [1.807, 2.05) is 6.07 Å². The second-order valence-electron chi connectivity index (χ2n) is 5.53. The third-order valence-corrected chi connectivity index (χ3v) is 3.83. The van der Waals surface area contributed by atoms with Crippen LogP contribution in [0.5, 0.6) is 0 Å². The lowest BCUT2D eigenvalue weighted by molar-refractivity contribution is 0.199. The molecule has 1 saturated heterocycles. The Hall–Kier alpha value is -1.09. The predicted octanol–water partition coefficient (Wildman–Crippen LogP) is 3.50. The molecule has 0 spiro atoms. The molecule has 1 heterocycles. The van der Waals surface area contributed by atoms with Crippen LogP contribution in [0.3, 0.4) is 0 Å². The van der Waals surface area contributed by atoms with Crippen LogP contribution in [-0.4, -0.2) is 17.7 Å². The van der Waals surface area contributed by atoms with E-state index >= 15 is 0 Å². The van der Waals surface area contributed by atoms with Gasteiger partial charge in [0.1, 0.15) is 5.82 Å². The zero-order chi connectivity index (χ0) is 13.3. The summed E-state index contributed by atoms with van der Waals surface area (Å²) in [6.45, 7) is 6.95. The molecular formula is C15H22FNO. The average molecular weight is 251 g/mol. The minimum absolute atomic E-state index is 0.221. The Morgan fingerprint density at radius 3 is 2.61 bits per heavy atom. The van der Waals surface area contributed by atoms with Gasteiger partial charge in [-0.25, -0.2) is 4.39 Å². The molecule has 1 N–H and O–H groups in total. The zero-order valence-electron chi connectivity index (χ0n) is 11.4. The lowest BCUT2D eigenvalue weighted by atomic mass is 10.0. The van der Waals surface area contributed by atoms with Gasteiger partial charge in [-0.2, -0.15) is 0 Å². The maximum absolute atomic E-state index is 14.1. The van der Waals surface area contributed by atoms with Crippen LogP contribution in [0.1, 0.15) is 45.3 Å². The Bertz CT molecular complexity index is 417. The van der Waals surface area contributed by atoms with Crippen molar-refractivity contribution in [3.8, 4) is 0 Å². The SMILES string of the molecule is CC(O)c1ccc(N2CCCC2C(C)C)c(F)c1. The Morgan fingerprint density at radius 1 is 1.33 bits per heavy atom. The van der Waals surface area contributed by atoms with Crippen LogP contribution in [0.15, 0.2) is 18.2 Å². The number of benzene rings is 1. The molecule has 1 aromatic rings. The highest BCUT2D eigenvalue weighted by Crippen LogP contribution is 2.32.